The van der Waals surface area contributed by atoms with Crippen molar-refractivity contribution >= 4 is 22.8 Å². The minimum atomic E-state index is -0.191. The number of aromatic nitrogens is 5. The van der Waals surface area contributed by atoms with Crippen molar-refractivity contribution in [1.29, 1.82) is 5.26 Å². The molecule has 0 aliphatic rings. The van der Waals surface area contributed by atoms with E-state index in [0.29, 0.717) is 59.2 Å². The van der Waals surface area contributed by atoms with E-state index in [2.05, 4.69) is 26.1 Å². The highest BCUT2D eigenvalue weighted by molar-refractivity contribution is 5.92. The third-order valence-electron chi connectivity index (χ3n) is 5.96. The summed E-state index contributed by atoms with van der Waals surface area (Å²) in [5.41, 5.74) is 11.4. The molecule has 0 saturated heterocycles. The fourth-order valence-corrected chi connectivity index (χ4v) is 4.28. The number of carbonyl (C=O) groups excluding carboxylic acids is 1. The van der Waals surface area contributed by atoms with Crippen molar-refractivity contribution in [2.24, 2.45) is 0 Å². The molecule has 10 heteroatoms. The summed E-state index contributed by atoms with van der Waals surface area (Å²) in [6, 6.07) is 7.77. The molecule has 10 nitrogen and oxygen atoms in total. The number of nitrogens with zero attached hydrogens (tertiary/aromatic N) is 7. The Bertz CT molecular complexity index is 1480. The van der Waals surface area contributed by atoms with Crippen LogP contribution in [-0.4, -0.2) is 56.2 Å². The number of fused-ring (bicyclic) bond motifs is 1. The number of nitrogens with two attached hydrogens (primary N) is 1. The van der Waals surface area contributed by atoms with Gasteiger partial charge in [-0.15, -0.1) is 0 Å². The summed E-state index contributed by atoms with van der Waals surface area (Å²) in [4.78, 5) is 26.6. The van der Waals surface area contributed by atoms with E-state index >= 15 is 0 Å². The average Bonchev–Trinajstić information content (AvgIpc) is 3.19. The van der Waals surface area contributed by atoms with Crippen LogP contribution in [0.15, 0.2) is 30.7 Å². The Morgan fingerprint density at radius 1 is 1.22 bits per heavy atom. The van der Waals surface area contributed by atoms with Gasteiger partial charge in [-0.2, -0.15) is 10.4 Å². The summed E-state index contributed by atoms with van der Waals surface area (Å²) in [7, 11) is 3.35. The molecule has 1 amide bonds. The number of anilines is 1. The molecule has 0 bridgehead atoms. The molecule has 0 radical (unpaired) electrons. The molecule has 3 heterocycles. The smallest absolute Gasteiger partial charge is 0.271 e. The quantitative estimate of drug-likeness (QED) is 0.422. The third-order valence-corrected chi connectivity index (χ3v) is 5.96. The molecule has 0 atom stereocenters. The van der Waals surface area contributed by atoms with E-state index in [-0.39, 0.29) is 5.91 Å². The second kappa shape index (κ2) is 10.00. The van der Waals surface area contributed by atoms with Crippen LogP contribution in [-0.2, 0) is 13.0 Å². The maximum absolute atomic E-state index is 12.3. The van der Waals surface area contributed by atoms with Crippen LogP contribution in [0, 0.1) is 25.2 Å². The fraction of sp³-hybridized carbons (Fsp3) is 0.308. The summed E-state index contributed by atoms with van der Waals surface area (Å²) in [6.45, 7) is 6.64. The molecule has 2 N–H and O–H groups in total. The Morgan fingerprint density at radius 3 is 2.64 bits per heavy atom. The molecule has 0 aliphatic heterocycles. The second-order valence-corrected chi connectivity index (χ2v) is 8.62. The number of pyridine rings is 1. The summed E-state index contributed by atoms with van der Waals surface area (Å²) in [6.07, 6.45) is 3.63. The zero-order valence-electron chi connectivity index (χ0n) is 21.0. The van der Waals surface area contributed by atoms with Gasteiger partial charge in [0, 0.05) is 38.0 Å². The minimum Gasteiger partial charge on any atom is -0.493 e. The first-order chi connectivity index (χ1) is 17.3. The number of hydrogen-bond acceptors (Lipinski definition) is 8. The van der Waals surface area contributed by atoms with E-state index in [4.69, 9.17) is 10.5 Å². The Balaban J connectivity index is 1.78. The number of amides is 1. The SMILES string of the molecule is CCOc1c(CCn2nc(C)c3c(N)ncnc32)cc(C)c(C#N)c1-c1ccc(C(=O)N(C)C)nc1. The van der Waals surface area contributed by atoms with E-state index in [1.807, 2.05) is 31.5 Å². The lowest BCUT2D eigenvalue weighted by molar-refractivity contribution is 0.0822. The number of benzene rings is 1. The van der Waals surface area contributed by atoms with Crippen LogP contribution in [0.1, 0.15) is 39.8 Å². The largest absolute Gasteiger partial charge is 0.493 e. The molecule has 0 fully saturated rings. The van der Waals surface area contributed by atoms with E-state index < -0.39 is 0 Å². The first kappa shape index (κ1) is 24.6. The van der Waals surface area contributed by atoms with Gasteiger partial charge >= 0.3 is 0 Å². The van der Waals surface area contributed by atoms with E-state index in [1.54, 1.807) is 32.4 Å². The first-order valence-electron chi connectivity index (χ1n) is 11.6. The van der Waals surface area contributed by atoms with Crippen molar-refractivity contribution < 1.29 is 9.53 Å². The van der Waals surface area contributed by atoms with Gasteiger partial charge in [0.25, 0.3) is 5.91 Å². The van der Waals surface area contributed by atoms with Gasteiger partial charge in [-0.3, -0.25) is 9.78 Å². The number of nitriles is 1. The number of hydrogen-bond donors (Lipinski definition) is 1. The lowest BCUT2D eigenvalue weighted by Crippen LogP contribution is -2.22. The Kier molecular flexibility index (Phi) is 6.83. The number of nitrogen functional groups attached to an aromatic ring is 1. The predicted octanol–water partition coefficient (Wildman–Crippen LogP) is 3.30. The number of ether oxygens (including phenoxy) is 1. The molecule has 3 aromatic heterocycles. The molecule has 1 aromatic carbocycles. The van der Waals surface area contributed by atoms with Crippen LogP contribution in [0.25, 0.3) is 22.2 Å². The van der Waals surface area contributed by atoms with Crippen LogP contribution in [0.2, 0.25) is 0 Å². The first-order valence-corrected chi connectivity index (χ1v) is 11.6. The van der Waals surface area contributed by atoms with Crippen LogP contribution in [0.3, 0.4) is 0 Å². The highest BCUT2D eigenvalue weighted by Crippen LogP contribution is 2.39. The maximum atomic E-state index is 12.3. The van der Waals surface area contributed by atoms with Gasteiger partial charge < -0.3 is 15.4 Å². The van der Waals surface area contributed by atoms with Gasteiger partial charge in [0.1, 0.15) is 29.7 Å². The van der Waals surface area contributed by atoms with Gasteiger partial charge in [-0.05, 0) is 44.4 Å². The molecule has 4 aromatic rings. The summed E-state index contributed by atoms with van der Waals surface area (Å²) in [5, 5.41) is 15.3. The monoisotopic (exact) mass is 484 g/mol. The third kappa shape index (κ3) is 4.43. The van der Waals surface area contributed by atoms with Crippen LogP contribution < -0.4 is 10.5 Å². The predicted molar refractivity (Wildman–Crippen MR) is 136 cm³/mol. The van der Waals surface area contributed by atoms with Gasteiger partial charge in [-0.1, -0.05) is 12.1 Å². The standard InChI is InChI=1S/C26H28N8O2/c1-6-36-23-17(9-10-34-25-21(16(3)32-34)24(28)30-14-31-25)11-15(2)19(12-27)22(23)18-7-8-20(29-13-18)26(35)33(4)5/h7-8,11,13-14H,6,9-10H2,1-5H3,(H2,28,30,31). The highest BCUT2D eigenvalue weighted by Gasteiger charge is 2.21. The summed E-state index contributed by atoms with van der Waals surface area (Å²) >= 11 is 0. The summed E-state index contributed by atoms with van der Waals surface area (Å²) < 4.78 is 7.92. The van der Waals surface area contributed by atoms with Crippen LogP contribution in [0.5, 0.6) is 5.75 Å². The van der Waals surface area contributed by atoms with Gasteiger partial charge in [0.15, 0.2) is 5.65 Å². The van der Waals surface area contributed by atoms with Crippen molar-refractivity contribution in [2.45, 2.75) is 33.7 Å². The lowest BCUT2D eigenvalue weighted by atomic mass is 9.92. The Hall–Kier alpha value is -4.52. The van der Waals surface area contributed by atoms with Crippen molar-refractivity contribution in [2.75, 3.05) is 26.4 Å². The number of rotatable bonds is 7. The molecule has 36 heavy (non-hydrogen) atoms. The maximum Gasteiger partial charge on any atom is 0.271 e. The number of carbonyl (C=O) groups is 1. The van der Waals surface area contributed by atoms with Crippen molar-refractivity contribution in [3.63, 3.8) is 0 Å². The molecule has 0 spiro atoms. The molecule has 0 aliphatic carbocycles. The second-order valence-electron chi connectivity index (χ2n) is 8.62. The van der Waals surface area contributed by atoms with E-state index in [0.717, 1.165) is 22.2 Å². The van der Waals surface area contributed by atoms with Gasteiger partial charge in [0.2, 0.25) is 0 Å². The normalized spacial score (nSPS) is 10.9. The highest BCUT2D eigenvalue weighted by atomic mass is 16.5. The summed E-state index contributed by atoms with van der Waals surface area (Å²) in [5.74, 6) is 0.831. The molecule has 0 unspecified atom stereocenters. The fourth-order valence-electron chi connectivity index (χ4n) is 4.28. The average molecular weight is 485 g/mol. The Morgan fingerprint density at radius 2 is 2.00 bits per heavy atom. The zero-order valence-corrected chi connectivity index (χ0v) is 21.0. The molecule has 184 valence electrons. The molecule has 0 saturated carbocycles. The molecular formula is C26H28N8O2. The van der Waals surface area contributed by atoms with E-state index in [1.165, 1.54) is 11.2 Å². The minimum absolute atomic E-state index is 0.191. The topological polar surface area (TPSA) is 136 Å². The van der Waals surface area contributed by atoms with Crippen LogP contribution in [0.4, 0.5) is 5.82 Å². The Labute approximate surface area is 209 Å². The lowest BCUT2D eigenvalue weighted by Gasteiger charge is -2.19. The van der Waals surface area contributed by atoms with Gasteiger partial charge in [-0.25, -0.2) is 14.6 Å². The van der Waals surface area contributed by atoms with Gasteiger partial charge in [0.05, 0.1) is 23.3 Å². The zero-order chi connectivity index (χ0) is 26.0. The van der Waals surface area contributed by atoms with Crippen molar-refractivity contribution in [1.82, 2.24) is 29.6 Å². The van der Waals surface area contributed by atoms with Crippen molar-refractivity contribution in [3.05, 3.63) is 58.8 Å². The molecular weight excluding hydrogens is 456 g/mol. The van der Waals surface area contributed by atoms with E-state index in [9.17, 15) is 10.1 Å². The van der Waals surface area contributed by atoms with Crippen LogP contribution >= 0.6 is 0 Å². The van der Waals surface area contributed by atoms with Crippen molar-refractivity contribution in [3.8, 4) is 22.9 Å². The number of aryl methyl sites for hydroxylation is 4. The molecule has 4 rings (SSSR count).